The van der Waals surface area contributed by atoms with E-state index in [1.165, 1.54) is 0 Å². The highest BCUT2D eigenvalue weighted by molar-refractivity contribution is 9.10. The van der Waals surface area contributed by atoms with Crippen molar-refractivity contribution in [1.29, 1.82) is 0 Å². The summed E-state index contributed by atoms with van der Waals surface area (Å²) in [5.41, 5.74) is 1.08. The minimum absolute atomic E-state index is 0.0121. The van der Waals surface area contributed by atoms with Gasteiger partial charge in [0.25, 0.3) is 0 Å². The smallest absolute Gasteiger partial charge is 0.237 e. The van der Waals surface area contributed by atoms with Gasteiger partial charge in [0.1, 0.15) is 0 Å². The molecule has 1 amide bonds. The van der Waals surface area contributed by atoms with Crippen molar-refractivity contribution in [2.75, 3.05) is 0 Å². The molecule has 0 saturated heterocycles. The van der Waals surface area contributed by atoms with Gasteiger partial charge in [-0.1, -0.05) is 17.7 Å². The lowest BCUT2D eigenvalue weighted by Crippen LogP contribution is -2.44. The Balaban J connectivity index is 2.49. The van der Waals surface area contributed by atoms with Gasteiger partial charge in [0, 0.05) is 17.1 Å². The molecule has 5 heteroatoms. The second-order valence-corrected chi connectivity index (χ2v) is 5.78. The molecule has 0 spiro atoms. The van der Waals surface area contributed by atoms with Crippen molar-refractivity contribution >= 4 is 33.4 Å². The van der Waals surface area contributed by atoms with E-state index in [1.807, 2.05) is 39.0 Å². The highest BCUT2D eigenvalue weighted by atomic mass is 79.9. The first kappa shape index (κ1) is 15.5. The largest absolute Gasteiger partial charge is 0.353 e. The molecule has 0 aromatic heterocycles. The third kappa shape index (κ3) is 4.96. The average molecular weight is 334 g/mol. The molecule has 1 unspecified atom stereocenters. The molecule has 100 valence electrons. The van der Waals surface area contributed by atoms with Crippen LogP contribution in [0.5, 0.6) is 0 Å². The van der Waals surface area contributed by atoms with Gasteiger partial charge in [0.2, 0.25) is 5.91 Å². The minimum Gasteiger partial charge on any atom is -0.353 e. The Morgan fingerprint density at radius 3 is 2.61 bits per heavy atom. The topological polar surface area (TPSA) is 41.1 Å². The Labute approximate surface area is 121 Å². The van der Waals surface area contributed by atoms with E-state index in [0.717, 1.165) is 10.0 Å². The van der Waals surface area contributed by atoms with Gasteiger partial charge >= 0.3 is 0 Å². The molecular formula is C13H18BrClN2O. The summed E-state index contributed by atoms with van der Waals surface area (Å²) in [5.74, 6) is 0.0121. The lowest BCUT2D eigenvalue weighted by molar-refractivity contribution is -0.123. The van der Waals surface area contributed by atoms with Gasteiger partial charge < -0.3 is 10.6 Å². The van der Waals surface area contributed by atoms with Gasteiger partial charge in [0.05, 0.1) is 11.1 Å². The summed E-state index contributed by atoms with van der Waals surface area (Å²) in [5, 5.41) is 6.73. The predicted octanol–water partition coefficient (Wildman–Crippen LogP) is 3.11. The summed E-state index contributed by atoms with van der Waals surface area (Å²) in [4.78, 5) is 11.7. The molecule has 0 radical (unpaired) electrons. The van der Waals surface area contributed by atoms with Crippen LogP contribution in [0.15, 0.2) is 22.7 Å². The second kappa shape index (κ2) is 7.12. The van der Waals surface area contributed by atoms with Crippen LogP contribution in [-0.4, -0.2) is 18.0 Å². The van der Waals surface area contributed by atoms with Crippen molar-refractivity contribution in [3.05, 3.63) is 33.3 Å². The summed E-state index contributed by atoms with van der Waals surface area (Å²) in [6.45, 7) is 6.37. The number of carbonyl (C=O) groups is 1. The zero-order valence-electron chi connectivity index (χ0n) is 10.8. The Hall–Kier alpha value is -0.580. The van der Waals surface area contributed by atoms with Crippen molar-refractivity contribution in [3.8, 4) is 0 Å². The number of amides is 1. The third-order valence-electron chi connectivity index (χ3n) is 2.42. The average Bonchev–Trinajstić information content (AvgIpc) is 2.29. The normalized spacial score (nSPS) is 12.6. The molecule has 18 heavy (non-hydrogen) atoms. The summed E-state index contributed by atoms with van der Waals surface area (Å²) >= 11 is 9.30. The molecule has 0 bridgehead atoms. The monoisotopic (exact) mass is 332 g/mol. The maximum Gasteiger partial charge on any atom is 0.237 e. The number of carbonyl (C=O) groups excluding carboxylic acids is 1. The van der Waals surface area contributed by atoms with E-state index in [-0.39, 0.29) is 18.0 Å². The molecule has 0 saturated carbocycles. The van der Waals surface area contributed by atoms with Crippen molar-refractivity contribution < 1.29 is 4.79 Å². The Kier molecular flexibility index (Phi) is 6.12. The standard InChI is InChI=1S/C13H18BrClN2O/c1-8(2)17-13(18)9(3)16-7-10-4-5-12(15)11(14)6-10/h4-6,8-9,16H,7H2,1-3H3,(H,17,18). The van der Waals surface area contributed by atoms with Gasteiger partial charge in [-0.3, -0.25) is 4.79 Å². The maximum absolute atomic E-state index is 11.7. The molecule has 0 aliphatic carbocycles. The van der Waals surface area contributed by atoms with Crippen molar-refractivity contribution in [2.45, 2.75) is 39.4 Å². The quantitative estimate of drug-likeness (QED) is 0.869. The van der Waals surface area contributed by atoms with Crippen LogP contribution in [0.4, 0.5) is 0 Å². The van der Waals surface area contributed by atoms with Crippen molar-refractivity contribution in [3.63, 3.8) is 0 Å². The van der Waals surface area contributed by atoms with Crippen molar-refractivity contribution in [2.24, 2.45) is 0 Å². The third-order valence-corrected chi connectivity index (χ3v) is 3.63. The lowest BCUT2D eigenvalue weighted by atomic mass is 10.2. The molecule has 3 nitrogen and oxygen atoms in total. The van der Waals surface area contributed by atoms with Gasteiger partial charge in [-0.15, -0.1) is 0 Å². The van der Waals surface area contributed by atoms with Crippen molar-refractivity contribution in [1.82, 2.24) is 10.6 Å². The summed E-state index contributed by atoms with van der Waals surface area (Å²) < 4.78 is 0.864. The second-order valence-electron chi connectivity index (χ2n) is 4.51. The van der Waals surface area contributed by atoms with Gasteiger partial charge in [-0.2, -0.15) is 0 Å². The fraction of sp³-hybridized carbons (Fsp3) is 0.462. The van der Waals surface area contributed by atoms with E-state index in [9.17, 15) is 4.79 Å². The Morgan fingerprint density at radius 1 is 1.39 bits per heavy atom. The fourth-order valence-electron chi connectivity index (χ4n) is 1.42. The highest BCUT2D eigenvalue weighted by Crippen LogP contribution is 2.23. The van der Waals surface area contributed by atoms with Crippen LogP contribution in [-0.2, 0) is 11.3 Å². The first-order valence-corrected chi connectivity index (χ1v) is 7.05. The minimum atomic E-state index is -0.221. The lowest BCUT2D eigenvalue weighted by Gasteiger charge is -2.16. The van der Waals surface area contributed by atoms with Crippen LogP contribution in [0, 0.1) is 0 Å². The zero-order valence-corrected chi connectivity index (χ0v) is 13.1. The van der Waals surface area contributed by atoms with E-state index >= 15 is 0 Å². The first-order valence-electron chi connectivity index (χ1n) is 5.88. The molecule has 0 aliphatic heterocycles. The number of rotatable bonds is 5. The summed E-state index contributed by atoms with van der Waals surface area (Å²) in [6, 6.07) is 5.66. The summed E-state index contributed by atoms with van der Waals surface area (Å²) in [6.07, 6.45) is 0. The molecule has 1 atom stereocenters. The molecule has 1 rings (SSSR count). The van der Waals surface area contributed by atoms with Gasteiger partial charge in [0.15, 0.2) is 0 Å². The number of benzene rings is 1. The molecular weight excluding hydrogens is 316 g/mol. The first-order chi connectivity index (χ1) is 8.40. The van der Waals surface area contributed by atoms with E-state index in [4.69, 9.17) is 11.6 Å². The van der Waals surface area contributed by atoms with Gasteiger partial charge in [-0.25, -0.2) is 0 Å². The predicted molar refractivity (Wildman–Crippen MR) is 78.7 cm³/mol. The molecule has 0 fully saturated rings. The highest BCUT2D eigenvalue weighted by Gasteiger charge is 2.12. The SMILES string of the molecule is CC(C)NC(=O)C(C)NCc1ccc(Cl)c(Br)c1. The Morgan fingerprint density at radius 2 is 2.06 bits per heavy atom. The van der Waals surface area contributed by atoms with E-state index in [2.05, 4.69) is 26.6 Å². The molecule has 1 aromatic carbocycles. The molecule has 0 aliphatic rings. The molecule has 2 N–H and O–H groups in total. The van der Waals surface area contributed by atoms with Crippen LogP contribution in [0.3, 0.4) is 0 Å². The van der Waals surface area contributed by atoms with Crippen LogP contribution in [0.2, 0.25) is 5.02 Å². The Bertz CT molecular complexity index is 423. The number of halogens is 2. The van der Waals surface area contributed by atoms with Gasteiger partial charge in [-0.05, 0) is 54.4 Å². The van der Waals surface area contributed by atoms with Crippen LogP contribution >= 0.6 is 27.5 Å². The van der Waals surface area contributed by atoms with Crippen LogP contribution < -0.4 is 10.6 Å². The number of hydrogen-bond donors (Lipinski definition) is 2. The van der Waals surface area contributed by atoms with Crippen LogP contribution in [0.25, 0.3) is 0 Å². The molecule has 1 aromatic rings. The van der Waals surface area contributed by atoms with E-state index < -0.39 is 0 Å². The number of nitrogens with one attached hydrogen (secondary N) is 2. The fourth-order valence-corrected chi connectivity index (χ4v) is 1.97. The van der Waals surface area contributed by atoms with Crippen LogP contribution in [0.1, 0.15) is 26.3 Å². The maximum atomic E-state index is 11.7. The van der Waals surface area contributed by atoms with E-state index in [0.29, 0.717) is 11.6 Å². The number of hydrogen-bond acceptors (Lipinski definition) is 2. The zero-order chi connectivity index (χ0) is 13.7. The summed E-state index contributed by atoms with van der Waals surface area (Å²) in [7, 11) is 0. The van der Waals surface area contributed by atoms with E-state index in [1.54, 1.807) is 0 Å². The molecule has 0 heterocycles.